The first-order valence-electron chi connectivity index (χ1n) is 11.4. The Bertz CT molecular complexity index is 1240. The predicted octanol–water partition coefficient (Wildman–Crippen LogP) is 2.85. The molecule has 0 aliphatic carbocycles. The van der Waals surface area contributed by atoms with Gasteiger partial charge in [0.25, 0.3) is 0 Å². The standard InChI is InChI=1S/C27H24N2O7S/c28-27(37)29-23-22(36-26(32)19-14-8-3-9-15-19)21(35-25(31)18-12-6-2-7-13-18)20(34-23)16-33-24(30)17-10-4-1-5-11-17/h1-15,20-23H,16H2,(H3,28,29,37)/t20-,21-,22-,23+/m0/s1. The molecule has 3 N–H and O–H groups in total. The van der Waals surface area contributed by atoms with Crippen LogP contribution in [0.15, 0.2) is 91.0 Å². The fraction of sp³-hybridized carbons (Fsp3) is 0.185. The maximum atomic E-state index is 12.9. The number of nitrogens with two attached hydrogens (primary N) is 1. The Balaban J connectivity index is 1.58. The van der Waals surface area contributed by atoms with Crippen molar-refractivity contribution >= 4 is 35.2 Å². The molecule has 37 heavy (non-hydrogen) atoms. The van der Waals surface area contributed by atoms with Crippen LogP contribution in [0.2, 0.25) is 0 Å². The summed E-state index contributed by atoms with van der Waals surface area (Å²) >= 11 is 4.96. The summed E-state index contributed by atoms with van der Waals surface area (Å²) in [6.45, 7) is -0.296. The molecule has 0 spiro atoms. The van der Waals surface area contributed by atoms with Gasteiger partial charge in [-0.05, 0) is 48.6 Å². The Kier molecular flexibility index (Phi) is 8.44. The minimum atomic E-state index is -1.16. The zero-order valence-corrected chi connectivity index (χ0v) is 20.3. The van der Waals surface area contributed by atoms with Gasteiger partial charge in [0.1, 0.15) is 12.7 Å². The molecular formula is C27H24N2O7S. The van der Waals surface area contributed by atoms with Crippen molar-refractivity contribution < 1.29 is 33.3 Å². The highest BCUT2D eigenvalue weighted by molar-refractivity contribution is 7.80. The third-order valence-electron chi connectivity index (χ3n) is 5.49. The first kappa shape index (κ1) is 25.8. The van der Waals surface area contributed by atoms with E-state index in [1.165, 1.54) is 0 Å². The van der Waals surface area contributed by atoms with Crippen molar-refractivity contribution in [1.82, 2.24) is 5.32 Å². The van der Waals surface area contributed by atoms with Crippen molar-refractivity contribution in [3.63, 3.8) is 0 Å². The largest absolute Gasteiger partial charge is 0.459 e. The van der Waals surface area contributed by atoms with Gasteiger partial charge >= 0.3 is 17.9 Å². The van der Waals surface area contributed by atoms with Gasteiger partial charge in [0, 0.05) is 0 Å². The van der Waals surface area contributed by atoms with Crippen LogP contribution in [0, 0.1) is 0 Å². The smallest absolute Gasteiger partial charge is 0.338 e. The second-order valence-electron chi connectivity index (χ2n) is 8.04. The van der Waals surface area contributed by atoms with Crippen molar-refractivity contribution in [2.45, 2.75) is 24.5 Å². The Morgan fingerprint density at radius 1 is 0.730 bits per heavy atom. The summed E-state index contributed by atoms with van der Waals surface area (Å²) in [5.41, 5.74) is 6.56. The van der Waals surface area contributed by atoms with Crippen LogP contribution in [0.25, 0.3) is 0 Å². The number of benzene rings is 3. The lowest BCUT2D eigenvalue weighted by molar-refractivity contribution is -0.0456. The van der Waals surface area contributed by atoms with E-state index >= 15 is 0 Å². The number of rotatable bonds is 8. The average Bonchev–Trinajstić information content (AvgIpc) is 3.23. The Morgan fingerprint density at radius 3 is 1.62 bits per heavy atom. The molecule has 0 bridgehead atoms. The van der Waals surface area contributed by atoms with E-state index in [0.29, 0.717) is 5.56 Å². The van der Waals surface area contributed by atoms with Crippen LogP contribution in [-0.4, -0.2) is 54.2 Å². The second-order valence-corrected chi connectivity index (χ2v) is 8.48. The Hall–Kier alpha value is -4.28. The van der Waals surface area contributed by atoms with E-state index < -0.39 is 42.4 Å². The van der Waals surface area contributed by atoms with Gasteiger partial charge in [-0.2, -0.15) is 0 Å². The van der Waals surface area contributed by atoms with E-state index in [0.717, 1.165) is 0 Å². The molecule has 0 radical (unpaired) electrons. The van der Waals surface area contributed by atoms with Gasteiger partial charge in [0.05, 0.1) is 16.7 Å². The maximum Gasteiger partial charge on any atom is 0.338 e. The van der Waals surface area contributed by atoms with Gasteiger partial charge in [-0.3, -0.25) is 0 Å². The summed E-state index contributed by atoms with van der Waals surface area (Å²) < 4.78 is 22.9. The summed E-state index contributed by atoms with van der Waals surface area (Å²) in [5, 5.41) is 2.59. The first-order chi connectivity index (χ1) is 17.9. The number of hydrogen-bond donors (Lipinski definition) is 2. The van der Waals surface area contributed by atoms with E-state index in [1.54, 1.807) is 91.0 Å². The van der Waals surface area contributed by atoms with Gasteiger partial charge in [0.2, 0.25) is 0 Å². The SMILES string of the molecule is NC(=S)N[C@@H]1O[C@@H](COC(=O)c2ccccc2)[C@H](OC(=O)c2ccccc2)[C@@H]1OC(=O)c1ccccc1. The lowest BCUT2D eigenvalue weighted by Crippen LogP contribution is -2.48. The molecule has 4 rings (SSSR count). The van der Waals surface area contributed by atoms with Crippen LogP contribution < -0.4 is 11.1 Å². The quantitative estimate of drug-likeness (QED) is 0.260. The number of carbonyl (C=O) groups excluding carboxylic acids is 3. The molecule has 1 aliphatic heterocycles. The lowest BCUT2D eigenvalue weighted by Gasteiger charge is -2.24. The molecule has 4 atom stereocenters. The van der Waals surface area contributed by atoms with Crippen molar-refractivity contribution in [3.8, 4) is 0 Å². The lowest BCUT2D eigenvalue weighted by atomic mass is 10.1. The number of ether oxygens (including phenoxy) is 4. The topological polar surface area (TPSA) is 126 Å². The van der Waals surface area contributed by atoms with Crippen LogP contribution in [0.4, 0.5) is 0 Å². The summed E-state index contributed by atoms with van der Waals surface area (Å²) in [7, 11) is 0. The van der Waals surface area contributed by atoms with Crippen molar-refractivity contribution in [2.75, 3.05) is 6.61 Å². The molecule has 10 heteroatoms. The normalized spacial score (nSPS) is 20.4. The minimum absolute atomic E-state index is 0.124. The zero-order valence-electron chi connectivity index (χ0n) is 19.5. The van der Waals surface area contributed by atoms with Gasteiger partial charge in [-0.1, -0.05) is 54.6 Å². The highest BCUT2D eigenvalue weighted by Crippen LogP contribution is 2.28. The molecular weight excluding hydrogens is 496 g/mol. The van der Waals surface area contributed by atoms with E-state index in [-0.39, 0.29) is 22.8 Å². The predicted molar refractivity (Wildman–Crippen MR) is 137 cm³/mol. The fourth-order valence-electron chi connectivity index (χ4n) is 3.74. The van der Waals surface area contributed by atoms with Gasteiger partial charge in [-0.25, -0.2) is 14.4 Å². The molecule has 0 saturated carbocycles. The van der Waals surface area contributed by atoms with Crippen LogP contribution in [0.1, 0.15) is 31.1 Å². The van der Waals surface area contributed by atoms with E-state index in [9.17, 15) is 14.4 Å². The summed E-state index contributed by atoms with van der Waals surface area (Å²) in [5.74, 6) is -1.95. The van der Waals surface area contributed by atoms with Gasteiger partial charge in [-0.15, -0.1) is 0 Å². The Morgan fingerprint density at radius 2 is 1.16 bits per heavy atom. The van der Waals surface area contributed by atoms with E-state index in [1.807, 2.05) is 0 Å². The van der Waals surface area contributed by atoms with Crippen LogP contribution >= 0.6 is 12.2 Å². The van der Waals surface area contributed by atoms with Gasteiger partial charge < -0.3 is 30.0 Å². The number of esters is 3. The molecule has 1 aliphatic rings. The molecule has 3 aromatic rings. The summed E-state index contributed by atoms with van der Waals surface area (Å²) in [6.07, 6.45) is -4.39. The average molecular weight is 521 g/mol. The molecule has 0 amide bonds. The maximum absolute atomic E-state index is 12.9. The first-order valence-corrected chi connectivity index (χ1v) is 11.8. The van der Waals surface area contributed by atoms with Crippen molar-refractivity contribution in [1.29, 1.82) is 0 Å². The molecule has 1 fully saturated rings. The zero-order chi connectivity index (χ0) is 26.2. The van der Waals surface area contributed by atoms with Crippen LogP contribution in [0.3, 0.4) is 0 Å². The highest BCUT2D eigenvalue weighted by atomic mass is 32.1. The van der Waals surface area contributed by atoms with Gasteiger partial charge in [0.15, 0.2) is 23.5 Å². The number of carbonyl (C=O) groups is 3. The minimum Gasteiger partial charge on any atom is -0.459 e. The molecule has 1 heterocycles. The molecule has 0 unspecified atom stereocenters. The van der Waals surface area contributed by atoms with Crippen LogP contribution in [0.5, 0.6) is 0 Å². The summed E-state index contributed by atoms with van der Waals surface area (Å²) in [6, 6.07) is 25.0. The molecule has 3 aromatic carbocycles. The van der Waals surface area contributed by atoms with Crippen molar-refractivity contribution in [2.24, 2.45) is 5.73 Å². The fourth-order valence-corrected chi connectivity index (χ4v) is 3.85. The molecule has 190 valence electrons. The summed E-state index contributed by atoms with van der Waals surface area (Å²) in [4.78, 5) is 38.4. The molecule has 9 nitrogen and oxygen atoms in total. The molecule has 1 saturated heterocycles. The Labute approximate surface area is 218 Å². The van der Waals surface area contributed by atoms with E-state index in [4.69, 9.17) is 36.9 Å². The number of hydrogen-bond acceptors (Lipinski definition) is 8. The van der Waals surface area contributed by atoms with Crippen LogP contribution in [-0.2, 0) is 18.9 Å². The number of nitrogens with one attached hydrogen (secondary N) is 1. The molecule has 0 aromatic heterocycles. The third kappa shape index (κ3) is 6.69. The van der Waals surface area contributed by atoms with Crippen molar-refractivity contribution in [3.05, 3.63) is 108 Å². The highest BCUT2D eigenvalue weighted by Gasteiger charge is 2.50. The van der Waals surface area contributed by atoms with E-state index in [2.05, 4.69) is 5.32 Å². The number of thiocarbonyl (C=S) groups is 1. The second kappa shape index (κ2) is 12.1. The third-order valence-corrected chi connectivity index (χ3v) is 5.61. The monoisotopic (exact) mass is 520 g/mol.